The van der Waals surface area contributed by atoms with Gasteiger partial charge in [-0.1, -0.05) is 54.6 Å². The molecule has 3 aliphatic heterocycles. The smallest absolute Gasteiger partial charge is 0.229 e. The normalized spacial score (nSPS) is 26.2. The van der Waals surface area contributed by atoms with Gasteiger partial charge in [0, 0.05) is 29.9 Å². The van der Waals surface area contributed by atoms with Crippen molar-refractivity contribution in [3.05, 3.63) is 78.1 Å². The quantitative estimate of drug-likeness (QED) is 0.497. The molecule has 2 bridgehead atoms. The summed E-state index contributed by atoms with van der Waals surface area (Å²) in [6.07, 6.45) is 12.5. The van der Waals surface area contributed by atoms with Crippen LogP contribution in [0.15, 0.2) is 67.0 Å². The number of carbonyl (C=O) groups is 1. The predicted octanol–water partition coefficient (Wildman–Crippen LogP) is 5.50. The molecule has 0 spiro atoms. The lowest BCUT2D eigenvalue weighted by Crippen LogP contribution is -2.56. The molecular formula is C31H37N3O. The number of rotatable bonds is 5. The zero-order chi connectivity index (χ0) is 23.8. The summed E-state index contributed by atoms with van der Waals surface area (Å²) >= 11 is 0. The number of benzene rings is 2. The molecule has 3 aliphatic rings. The fraction of sp³-hybridized carbons (Fsp3) is 0.484. The molecule has 2 atom stereocenters. The van der Waals surface area contributed by atoms with Gasteiger partial charge in [0.15, 0.2) is 0 Å². The van der Waals surface area contributed by atoms with E-state index in [1.165, 1.54) is 34.7 Å². The van der Waals surface area contributed by atoms with Crippen LogP contribution in [0.3, 0.4) is 0 Å². The highest BCUT2D eigenvalue weighted by Crippen LogP contribution is 2.45. The van der Waals surface area contributed by atoms with Crippen LogP contribution in [0.4, 0.5) is 0 Å². The van der Waals surface area contributed by atoms with Crippen molar-refractivity contribution < 1.29 is 4.79 Å². The van der Waals surface area contributed by atoms with Gasteiger partial charge in [0.05, 0.1) is 5.41 Å². The van der Waals surface area contributed by atoms with Gasteiger partial charge >= 0.3 is 0 Å². The first-order valence-corrected chi connectivity index (χ1v) is 13.5. The summed E-state index contributed by atoms with van der Waals surface area (Å²) in [5, 5.41) is 2.56. The monoisotopic (exact) mass is 467 g/mol. The van der Waals surface area contributed by atoms with Crippen LogP contribution in [0, 0.1) is 11.3 Å². The van der Waals surface area contributed by atoms with Crippen LogP contribution in [0.5, 0.6) is 0 Å². The highest BCUT2D eigenvalue weighted by Gasteiger charge is 2.50. The molecule has 4 heteroatoms. The molecule has 0 saturated carbocycles. The Morgan fingerprint density at radius 3 is 2.37 bits per heavy atom. The number of aromatic nitrogens is 1. The topological polar surface area (TPSA) is 36.4 Å². The third kappa shape index (κ3) is 4.38. The van der Waals surface area contributed by atoms with Crippen molar-refractivity contribution in [3.63, 3.8) is 0 Å². The lowest BCUT2D eigenvalue weighted by atomic mass is 9.71. The Labute approximate surface area is 209 Å². The molecule has 0 N–H and O–H groups in total. The fourth-order valence-electron chi connectivity index (χ4n) is 7.21. The highest BCUT2D eigenvalue weighted by atomic mass is 16.2. The van der Waals surface area contributed by atoms with Gasteiger partial charge in [-0.3, -0.25) is 9.78 Å². The van der Waals surface area contributed by atoms with Gasteiger partial charge in [0.25, 0.3) is 0 Å². The molecule has 4 heterocycles. The van der Waals surface area contributed by atoms with Crippen molar-refractivity contribution >= 4 is 16.7 Å². The van der Waals surface area contributed by atoms with E-state index >= 15 is 0 Å². The zero-order valence-electron chi connectivity index (χ0n) is 20.9. The van der Waals surface area contributed by atoms with Crippen LogP contribution < -0.4 is 0 Å². The average Bonchev–Trinajstić information content (AvgIpc) is 3.15. The largest absolute Gasteiger partial charge is 0.336 e. The minimum absolute atomic E-state index is 0.249. The van der Waals surface area contributed by atoms with Gasteiger partial charge in [-0.15, -0.1) is 0 Å². The Hall–Kier alpha value is -2.72. The Morgan fingerprint density at radius 2 is 1.63 bits per heavy atom. The molecule has 0 aliphatic carbocycles. The Bertz CT molecular complexity index is 1160. The fourth-order valence-corrected chi connectivity index (χ4v) is 7.21. The average molecular weight is 468 g/mol. The maximum atomic E-state index is 14.4. The summed E-state index contributed by atoms with van der Waals surface area (Å²) in [5.41, 5.74) is 2.42. The maximum Gasteiger partial charge on any atom is 0.229 e. The van der Waals surface area contributed by atoms with Crippen molar-refractivity contribution in [3.8, 4) is 0 Å². The standard InChI is InChI=1S/C31H37N3O/c1-33-15-13-31(14-16-33,20-23-7-3-2-4-8-23)30(35)34-27-11-12-28(34)19-24(18-27)17-26-22-32-21-25-9-5-6-10-29(25)26/h2-10,21-22,24,27-28H,11-20H2,1H3/t27-,28-/m0/s1. The molecule has 6 rings (SSSR count). The van der Waals surface area contributed by atoms with Crippen molar-refractivity contribution in [1.29, 1.82) is 0 Å². The van der Waals surface area contributed by atoms with Gasteiger partial charge in [-0.25, -0.2) is 0 Å². The lowest BCUT2D eigenvalue weighted by molar-refractivity contribution is -0.150. The zero-order valence-corrected chi connectivity index (χ0v) is 20.9. The van der Waals surface area contributed by atoms with Crippen LogP contribution in [0.25, 0.3) is 10.8 Å². The molecule has 0 unspecified atom stereocenters. The van der Waals surface area contributed by atoms with E-state index in [1.807, 2.05) is 6.20 Å². The summed E-state index contributed by atoms with van der Waals surface area (Å²) in [7, 11) is 2.19. The van der Waals surface area contributed by atoms with Crippen molar-refractivity contribution in [2.24, 2.45) is 11.3 Å². The Balaban J connectivity index is 1.21. The van der Waals surface area contributed by atoms with Crippen LogP contribution >= 0.6 is 0 Å². The van der Waals surface area contributed by atoms with E-state index in [-0.39, 0.29) is 5.41 Å². The van der Waals surface area contributed by atoms with Gasteiger partial charge in [-0.05, 0) is 93.9 Å². The van der Waals surface area contributed by atoms with Crippen molar-refractivity contribution in [1.82, 2.24) is 14.8 Å². The maximum absolute atomic E-state index is 14.4. The number of hydrogen-bond donors (Lipinski definition) is 0. The Morgan fingerprint density at radius 1 is 0.943 bits per heavy atom. The first-order valence-electron chi connectivity index (χ1n) is 13.5. The van der Waals surface area contributed by atoms with Crippen LogP contribution in [-0.2, 0) is 17.6 Å². The van der Waals surface area contributed by atoms with Crippen LogP contribution in [0.1, 0.15) is 49.7 Å². The molecule has 35 heavy (non-hydrogen) atoms. The van der Waals surface area contributed by atoms with E-state index in [0.717, 1.165) is 51.6 Å². The number of piperidine rings is 2. The second-order valence-electron chi connectivity index (χ2n) is 11.4. The summed E-state index contributed by atoms with van der Waals surface area (Å²) < 4.78 is 0. The summed E-state index contributed by atoms with van der Waals surface area (Å²) in [6.45, 7) is 2.02. The number of amides is 1. The van der Waals surface area contributed by atoms with E-state index in [2.05, 4.69) is 82.6 Å². The van der Waals surface area contributed by atoms with Gasteiger partial charge < -0.3 is 9.80 Å². The molecule has 182 valence electrons. The van der Waals surface area contributed by atoms with Gasteiger partial charge in [-0.2, -0.15) is 0 Å². The molecule has 3 aromatic rings. The van der Waals surface area contributed by atoms with E-state index in [1.54, 1.807) is 0 Å². The molecular weight excluding hydrogens is 430 g/mol. The van der Waals surface area contributed by atoms with E-state index < -0.39 is 0 Å². The van der Waals surface area contributed by atoms with Crippen molar-refractivity contribution in [2.75, 3.05) is 20.1 Å². The SMILES string of the molecule is CN1CCC(Cc2ccccc2)(C(=O)N2[C@H]3CC[C@H]2CC(Cc2cncc4ccccc24)C3)CC1. The molecule has 3 saturated heterocycles. The summed E-state index contributed by atoms with van der Waals surface area (Å²) in [6, 6.07) is 20.1. The first-order chi connectivity index (χ1) is 17.1. The summed E-state index contributed by atoms with van der Waals surface area (Å²) in [5.74, 6) is 1.08. The van der Waals surface area contributed by atoms with Crippen molar-refractivity contribution in [2.45, 2.75) is 63.5 Å². The molecule has 2 aromatic carbocycles. The third-order valence-corrected chi connectivity index (χ3v) is 9.11. The Kier molecular flexibility index (Phi) is 6.09. The number of nitrogens with zero attached hydrogens (tertiary/aromatic N) is 3. The predicted molar refractivity (Wildman–Crippen MR) is 141 cm³/mol. The molecule has 1 amide bonds. The number of pyridine rings is 1. The summed E-state index contributed by atoms with van der Waals surface area (Å²) in [4.78, 5) is 23.7. The van der Waals surface area contributed by atoms with Crippen LogP contribution in [-0.4, -0.2) is 52.9 Å². The van der Waals surface area contributed by atoms with E-state index in [4.69, 9.17) is 0 Å². The van der Waals surface area contributed by atoms with E-state index in [0.29, 0.717) is 23.9 Å². The second-order valence-corrected chi connectivity index (χ2v) is 11.4. The number of likely N-dealkylation sites (tertiary alicyclic amines) is 1. The van der Waals surface area contributed by atoms with Gasteiger partial charge in [0.1, 0.15) is 0 Å². The number of carbonyl (C=O) groups excluding carboxylic acids is 1. The van der Waals surface area contributed by atoms with E-state index in [9.17, 15) is 4.79 Å². The molecule has 1 aromatic heterocycles. The highest BCUT2D eigenvalue weighted by molar-refractivity contribution is 5.85. The van der Waals surface area contributed by atoms with Crippen LogP contribution in [0.2, 0.25) is 0 Å². The minimum Gasteiger partial charge on any atom is -0.336 e. The number of hydrogen-bond acceptors (Lipinski definition) is 3. The molecule has 4 nitrogen and oxygen atoms in total. The minimum atomic E-state index is -0.249. The third-order valence-electron chi connectivity index (χ3n) is 9.11. The molecule has 0 radical (unpaired) electrons. The molecule has 3 fully saturated rings. The van der Waals surface area contributed by atoms with Gasteiger partial charge in [0.2, 0.25) is 5.91 Å². The second kappa shape index (κ2) is 9.39. The number of fused-ring (bicyclic) bond motifs is 3. The first kappa shape index (κ1) is 22.7. The lowest BCUT2D eigenvalue weighted by Gasteiger charge is -2.47.